The first-order chi connectivity index (χ1) is 8.13. The van der Waals surface area contributed by atoms with Crippen LogP contribution in [-0.2, 0) is 0 Å². The molecule has 0 radical (unpaired) electrons. The summed E-state index contributed by atoms with van der Waals surface area (Å²) in [5.41, 5.74) is 0. The molecule has 0 nitrogen and oxygen atoms in total. The maximum Gasteiger partial charge on any atom is -0.0417 e. The van der Waals surface area contributed by atoms with E-state index in [1.165, 1.54) is 44.9 Å². The summed E-state index contributed by atoms with van der Waals surface area (Å²) in [5.74, 6) is 2.01. The first-order valence-electron chi connectivity index (χ1n) is 8.13. The Labute approximate surface area is 113 Å². The topological polar surface area (TPSA) is 0 Å². The summed E-state index contributed by atoms with van der Waals surface area (Å²) in [6, 6.07) is 0. The third kappa shape index (κ3) is 21.8. The van der Waals surface area contributed by atoms with Gasteiger partial charge in [0.05, 0.1) is 0 Å². The first-order valence-corrected chi connectivity index (χ1v) is 8.13. The van der Waals surface area contributed by atoms with Gasteiger partial charge in [-0.15, -0.1) is 0 Å². The predicted octanol–water partition coefficient (Wildman–Crippen LogP) is 7.08. The Balaban J connectivity index is -0.000000186. The second kappa shape index (κ2) is 21.3. The molecule has 0 spiro atoms. The van der Waals surface area contributed by atoms with Gasteiger partial charge in [-0.1, -0.05) is 100 Å². The van der Waals surface area contributed by atoms with E-state index >= 15 is 0 Å². The zero-order chi connectivity index (χ0) is 14.1. The third-order valence-corrected chi connectivity index (χ3v) is 3.04. The summed E-state index contributed by atoms with van der Waals surface area (Å²) in [4.78, 5) is 0. The normalized spacial score (nSPS) is 21.9. The minimum atomic E-state index is 1.00. The molecular formula is C17H40. The molecule has 2 unspecified atom stereocenters. The molecule has 1 rings (SSSR count). The van der Waals surface area contributed by atoms with Gasteiger partial charge in [-0.3, -0.25) is 0 Å². The van der Waals surface area contributed by atoms with Crippen molar-refractivity contribution in [2.24, 2.45) is 11.8 Å². The van der Waals surface area contributed by atoms with Crippen molar-refractivity contribution in [2.75, 3.05) is 0 Å². The van der Waals surface area contributed by atoms with Crippen LogP contribution in [0, 0.1) is 11.8 Å². The number of hydrogen-bond donors (Lipinski definition) is 0. The maximum absolute atomic E-state index is 2.38. The summed E-state index contributed by atoms with van der Waals surface area (Å²) in [5, 5.41) is 0. The standard InChI is InChI=1S/C8H16.C4H10.C3H8.C2H6/c1-7-5-3-4-6-8(7)2;1-3-4-2;1-3-2;1-2/h7-8H,3-6H2,1-2H3;3-4H2,1-2H3;3H2,1-2H3;1-2H3. The summed E-state index contributed by atoms with van der Waals surface area (Å²) in [7, 11) is 0. The summed E-state index contributed by atoms with van der Waals surface area (Å²) < 4.78 is 0. The third-order valence-electron chi connectivity index (χ3n) is 3.04. The smallest absolute Gasteiger partial charge is 0.0417 e. The fraction of sp³-hybridized carbons (Fsp3) is 1.00. The minimum absolute atomic E-state index is 1.00. The number of unbranched alkanes of at least 4 members (excludes halogenated alkanes) is 1. The van der Waals surface area contributed by atoms with E-state index in [9.17, 15) is 0 Å². The monoisotopic (exact) mass is 244 g/mol. The van der Waals surface area contributed by atoms with Crippen LogP contribution in [0.15, 0.2) is 0 Å². The molecule has 0 aromatic heterocycles. The molecule has 0 amide bonds. The largest absolute Gasteiger partial charge is 0.0683 e. The Morgan fingerprint density at radius 3 is 1.06 bits per heavy atom. The van der Waals surface area contributed by atoms with E-state index in [-0.39, 0.29) is 0 Å². The highest BCUT2D eigenvalue weighted by Crippen LogP contribution is 2.28. The van der Waals surface area contributed by atoms with Gasteiger partial charge in [-0.2, -0.15) is 0 Å². The molecule has 0 heteroatoms. The van der Waals surface area contributed by atoms with E-state index in [4.69, 9.17) is 0 Å². The van der Waals surface area contributed by atoms with Crippen molar-refractivity contribution in [3.63, 3.8) is 0 Å². The van der Waals surface area contributed by atoms with E-state index in [1.54, 1.807) is 0 Å². The number of hydrogen-bond acceptors (Lipinski definition) is 0. The maximum atomic E-state index is 2.38. The summed E-state index contributed by atoms with van der Waals surface area (Å²) >= 11 is 0. The summed E-state index contributed by atoms with van der Waals surface area (Å²) in [6.07, 6.45) is 9.79. The highest BCUT2D eigenvalue weighted by molar-refractivity contribution is 4.67. The second-order valence-electron chi connectivity index (χ2n) is 4.95. The van der Waals surface area contributed by atoms with Gasteiger partial charge < -0.3 is 0 Å². The zero-order valence-electron chi connectivity index (χ0n) is 14.1. The Morgan fingerprint density at radius 1 is 0.706 bits per heavy atom. The Bertz CT molecular complexity index is 84.2. The van der Waals surface area contributed by atoms with Crippen molar-refractivity contribution in [3.8, 4) is 0 Å². The van der Waals surface area contributed by atoms with Crippen LogP contribution >= 0.6 is 0 Å². The highest BCUT2D eigenvalue weighted by Gasteiger charge is 2.15. The molecule has 1 saturated carbocycles. The zero-order valence-corrected chi connectivity index (χ0v) is 14.1. The van der Waals surface area contributed by atoms with Gasteiger partial charge >= 0.3 is 0 Å². The van der Waals surface area contributed by atoms with E-state index < -0.39 is 0 Å². The van der Waals surface area contributed by atoms with Gasteiger partial charge in [-0.05, 0) is 11.8 Å². The highest BCUT2D eigenvalue weighted by atomic mass is 14.2. The molecule has 1 fully saturated rings. The van der Waals surface area contributed by atoms with Gasteiger partial charge in [0.1, 0.15) is 0 Å². The number of rotatable bonds is 1. The molecule has 0 bridgehead atoms. The van der Waals surface area contributed by atoms with Crippen LogP contribution in [0.1, 0.15) is 100 Å². The molecule has 1 aliphatic rings. The molecule has 108 valence electrons. The lowest BCUT2D eigenvalue weighted by molar-refractivity contribution is 0.277. The van der Waals surface area contributed by atoms with Crippen LogP contribution in [0.4, 0.5) is 0 Å². The lowest BCUT2D eigenvalue weighted by Crippen LogP contribution is -2.12. The Morgan fingerprint density at radius 2 is 0.941 bits per heavy atom. The average molecular weight is 245 g/mol. The van der Waals surface area contributed by atoms with E-state index in [1.807, 2.05) is 13.8 Å². The van der Waals surface area contributed by atoms with Crippen molar-refractivity contribution in [3.05, 3.63) is 0 Å². The molecule has 2 atom stereocenters. The van der Waals surface area contributed by atoms with Crippen LogP contribution in [0.2, 0.25) is 0 Å². The molecular weight excluding hydrogens is 204 g/mol. The van der Waals surface area contributed by atoms with Crippen molar-refractivity contribution in [1.82, 2.24) is 0 Å². The minimum Gasteiger partial charge on any atom is -0.0683 e. The lowest BCUT2D eigenvalue weighted by atomic mass is 9.82. The quantitative estimate of drug-likeness (QED) is 0.462. The van der Waals surface area contributed by atoms with Crippen molar-refractivity contribution in [2.45, 2.75) is 100 Å². The lowest BCUT2D eigenvalue weighted by Gasteiger charge is -2.24. The van der Waals surface area contributed by atoms with Crippen molar-refractivity contribution >= 4 is 0 Å². The molecule has 0 aromatic carbocycles. The molecule has 0 aliphatic heterocycles. The van der Waals surface area contributed by atoms with Gasteiger partial charge in [0.25, 0.3) is 0 Å². The van der Waals surface area contributed by atoms with Gasteiger partial charge in [0.2, 0.25) is 0 Å². The van der Waals surface area contributed by atoms with Gasteiger partial charge in [0.15, 0.2) is 0 Å². The molecule has 0 aromatic rings. The van der Waals surface area contributed by atoms with Crippen molar-refractivity contribution in [1.29, 1.82) is 0 Å². The summed E-state index contributed by atoms with van der Waals surface area (Å²) in [6.45, 7) is 17.4. The van der Waals surface area contributed by atoms with E-state index in [0.717, 1.165) is 11.8 Å². The van der Waals surface area contributed by atoms with Crippen LogP contribution in [0.25, 0.3) is 0 Å². The predicted molar refractivity (Wildman–Crippen MR) is 84.7 cm³/mol. The van der Waals surface area contributed by atoms with Gasteiger partial charge in [0, 0.05) is 0 Å². The van der Waals surface area contributed by atoms with Gasteiger partial charge in [-0.25, -0.2) is 0 Å². The van der Waals surface area contributed by atoms with Crippen LogP contribution < -0.4 is 0 Å². The Hall–Kier alpha value is 0. The van der Waals surface area contributed by atoms with E-state index in [0.29, 0.717) is 0 Å². The molecule has 1 aliphatic carbocycles. The van der Waals surface area contributed by atoms with Crippen LogP contribution in [0.3, 0.4) is 0 Å². The average Bonchev–Trinajstić information content (AvgIpc) is 2.37. The SMILES string of the molecule is CC.CC1CCCCC1C.CCC.CCCC. The molecule has 17 heavy (non-hydrogen) atoms. The van der Waals surface area contributed by atoms with E-state index in [2.05, 4.69) is 41.5 Å². The van der Waals surface area contributed by atoms with Crippen LogP contribution in [-0.4, -0.2) is 0 Å². The second-order valence-corrected chi connectivity index (χ2v) is 4.95. The van der Waals surface area contributed by atoms with Crippen LogP contribution in [0.5, 0.6) is 0 Å². The molecule has 0 N–H and O–H groups in total. The van der Waals surface area contributed by atoms with Crippen molar-refractivity contribution < 1.29 is 0 Å². The molecule has 0 heterocycles. The fourth-order valence-corrected chi connectivity index (χ4v) is 1.50. The fourth-order valence-electron chi connectivity index (χ4n) is 1.50. The Kier molecular flexibility index (Phi) is 27.8. The first kappa shape index (κ1) is 22.2. The molecule has 0 saturated heterocycles.